The quantitative estimate of drug-likeness (QED) is 0.716. The molecule has 0 heterocycles. The van der Waals surface area contributed by atoms with Gasteiger partial charge in [-0.05, 0) is 18.4 Å². The van der Waals surface area contributed by atoms with Crippen LogP contribution in [0, 0.1) is 6.92 Å². The molecule has 0 spiro atoms. The highest BCUT2D eigenvalue weighted by Gasteiger charge is 2.24. The highest BCUT2D eigenvalue weighted by Crippen LogP contribution is 2.36. The van der Waals surface area contributed by atoms with Gasteiger partial charge in [0.15, 0.2) is 0 Å². The average molecular weight is 183 g/mol. The molecule has 0 aromatic heterocycles. The van der Waals surface area contributed by atoms with Gasteiger partial charge in [-0.1, -0.05) is 29.8 Å². The van der Waals surface area contributed by atoms with E-state index in [1.807, 2.05) is 31.2 Å². The first-order chi connectivity index (χ1) is 5.61. The Labute approximate surface area is 73.1 Å². The molecule has 3 heteroatoms. The Balaban J connectivity index is 2.89. The van der Waals surface area contributed by atoms with Crippen LogP contribution in [-0.2, 0) is 4.57 Å². The van der Waals surface area contributed by atoms with Crippen molar-refractivity contribution in [2.45, 2.75) is 19.5 Å². The average Bonchev–Trinajstić information content (AvgIpc) is 2.04. The SMILES string of the molecule is Cc1ccc(C(C)[P+](=O)O)cc1. The third-order valence-corrected chi connectivity index (χ3v) is 2.85. The van der Waals surface area contributed by atoms with Crippen LogP contribution in [0.25, 0.3) is 0 Å². The molecule has 64 valence electrons. The van der Waals surface area contributed by atoms with Gasteiger partial charge in [-0.25, -0.2) is 0 Å². The predicted octanol–water partition coefficient (Wildman–Crippen LogP) is 2.79. The molecule has 0 bridgehead atoms. The van der Waals surface area contributed by atoms with Gasteiger partial charge in [0.2, 0.25) is 5.66 Å². The molecule has 1 rings (SSSR count). The van der Waals surface area contributed by atoms with Gasteiger partial charge >= 0.3 is 8.03 Å². The molecule has 0 aliphatic heterocycles. The summed E-state index contributed by atoms with van der Waals surface area (Å²) >= 11 is 0. The lowest BCUT2D eigenvalue weighted by atomic mass is 10.1. The summed E-state index contributed by atoms with van der Waals surface area (Å²) < 4.78 is 10.7. The van der Waals surface area contributed by atoms with Crippen molar-refractivity contribution in [3.63, 3.8) is 0 Å². The normalized spacial score (nSPS) is 14.1. The second-order valence-electron chi connectivity index (χ2n) is 2.89. The van der Waals surface area contributed by atoms with Crippen molar-refractivity contribution in [3.8, 4) is 0 Å². The van der Waals surface area contributed by atoms with Gasteiger partial charge < -0.3 is 0 Å². The molecule has 0 fully saturated rings. The Hall–Kier alpha value is -0.720. The van der Waals surface area contributed by atoms with E-state index in [1.165, 1.54) is 5.56 Å². The lowest BCUT2D eigenvalue weighted by Gasteiger charge is -1.98. The number of hydrogen-bond donors (Lipinski definition) is 1. The van der Waals surface area contributed by atoms with Gasteiger partial charge in [-0.15, -0.1) is 0 Å². The van der Waals surface area contributed by atoms with E-state index in [4.69, 9.17) is 4.89 Å². The Bertz CT molecular complexity index is 279. The summed E-state index contributed by atoms with van der Waals surface area (Å²) in [6.45, 7) is 3.75. The molecule has 0 aliphatic rings. The fourth-order valence-electron chi connectivity index (χ4n) is 0.972. The Morgan fingerprint density at radius 2 is 1.83 bits per heavy atom. The zero-order chi connectivity index (χ0) is 9.14. The summed E-state index contributed by atoms with van der Waals surface area (Å²) in [5.74, 6) is 0. The van der Waals surface area contributed by atoms with Crippen LogP contribution in [0.1, 0.15) is 23.7 Å². The second-order valence-corrected chi connectivity index (χ2v) is 4.27. The van der Waals surface area contributed by atoms with E-state index in [0.29, 0.717) is 0 Å². The van der Waals surface area contributed by atoms with Gasteiger partial charge in [0.25, 0.3) is 0 Å². The van der Waals surface area contributed by atoms with Gasteiger partial charge in [0.1, 0.15) is 0 Å². The van der Waals surface area contributed by atoms with Gasteiger partial charge in [0.05, 0.1) is 0 Å². The van der Waals surface area contributed by atoms with Crippen LogP contribution in [0.2, 0.25) is 0 Å². The maximum atomic E-state index is 10.7. The molecular weight excluding hydrogens is 171 g/mol. The molecule has 1 aromatic rings. The van der Waals surface area contributed by atoms with Crippen LogP contribution in [0.15, 0.2) is 24.3 Å². The molecular formula is C9H12O2P+. The zero-order valence-electron chi connectivity index (χ0n) is 7.19. The summed E-state index contributed by atoms with van der Waals surface area (Å²) in [7, 11) is -2.10. The number of aryl methyl sites for hydroxylation is 1. The van der Waals surface area contributed by atoms with E-state index < -0.39 is 8.03 Å². The van der Waals surface area contributed by atoms with Crippen molar-refractivity contribution in [1.82, 2.24) is 0 Å². The van der Waals surface area contributed by atoms with Crippen LogP contribution in [-0.4, -0.2) is 4.89 Å². The number of rotatable bonds is 2. The number of benzene rings is 1. The molecule has 1 N–H and O–H groups in total. The highest BCUT2D eigenvalue weighted by molar-refractivity contribution is 7.38. The van der Waals surface area contributed by atoms with E-state index in [-0.39, 0.29) is 5.66 Å². The van der Waals surface area contributed by atoms with Crippen LogP contribution < -0.4 is 0 Å². The largest absolute Gasteiger partial charge is 0.513 e. The van der Waals surface area contributed by atoms with Gasteiger partial charge in [-0.2, -0.15) is 4.89 Å². The monoisotopic (exact) mass is 183 g/mol. The van der Waals surface area contributed by atoms with Crippen LogP contribution in [0.4, 0.5) is 0 Å². The van der Waals surface area contributed by atoms with E-state index in [1.54, 1.807) is 6.92 Å². The summed E-state index contributed by atoms with van der Waals surface area (Å²) in [4.78, 5) is 8.85. The Morgan fingerprint density at radius 1 is 1.33 bits per heavy atom. The minimum atomic E-state index is -2.10. The van der Waals surface area contributed by atoms with Gasteiger partial charge in [0, 0.05) is 5.56 Å². The van der Waals surface area contributed by atoms with E-state index in [2.05, 4.69) is 0 Å². The lowest BCUT2D eigenvalue weighted by molar-refractivity contribution is 0.493. The standard InChI is InChI=1S/C9H11O2P/c1-7-3-5-9(6-4-7)8(2)12(10)11/h3-6,8H,1-2H3/p+1. The van der Waals surface area contributed by atoms with Crippen LogP contribution >= 0.6 is 8.03 Å². The fourth-order valence-corrected chi connectivity index (χ4v) is 1.40. The third kappa shape index (κ3) is 2.13. The predicted molar refractivity (Wildman–Crippen MR) is 49.4 cm³/mol. The van der Waals surface area contributed by atoms with Crippen molar-refractivity contribution in [3.05, 3.63) is 35.4 Å². The maximum Gasteiger partial charge on any atom is 0.513 e. The van der Waals surface area contributed by atoms with Crippen molar-refractivity contribution in [2.24, 2.45) is 0 Å². The van der Waals surface area contributed by atoms with E-state index in [0.717, 1.165) is 5.56 Å². The molecule has 0 amide bonds. The van der Waals surface area contributed by atoms with E-state index >= 15 is 0 Å². The summed E-state index contributed by atoms with van der Waals surface area (Å²) in [6.07, 6.45) is 0. The van der Waals surface area contributed by atoms with Crippen LogP contribution in [0.3, 0.4) is 0 Å². The summed E-state index contributed by atoms with van der Waals surface area (Å²) in [5.41, 5.74) is 1.82. The minimum absolute atomic E-state index is 0.263. The van der Waals surface area contributed by atoms with Gasteiger partial charge in [-0.3, -0.25) is 0 Å². The molecule has 0 aliphatic carbocycles. The van der Waals surface area contributed by atoms with Crippen molar-refractivity contribution in [2.75, 3.05) is 0 Å². The Kier molecular flexibility index (Phi) is 2.96. The second kappa shape index (κ2) is 3.79. The molecule has 0 saturated carbocycles. The summed E-state index contributed by atoms with van der Waals surface area (Å²) in [5, 5.41) is 0. The zero-order valence-corrected chi connectivity index (χ0v) is 8.08. The molecule has 2 nitrogen and oxygen atoms in total. The highest BCUT2D eigenvalue weighted by atomic mass is 31.1. The third-order valence-electron chi connectivity index (χ3n) is 1.89. The molecule has 2 atom stereocenters. The Morgan fingerprint density at radius 3 is 2.25 bits per heavy atom. The van der Waals surface area contributed by atoms with Crippen LogP contribution in [0.5, 0.6) is 0 Å². The first-order valence-electron chi connectivity index (χ1n) is 3.83. The minimum Gasteiger partial charge on any atom is -0.160 e. The van der Waals surface area contributed by atoms with Crippen molar-refractivity contribution < 1.29 is 9.46 Å². The number of hydrogen-bond acceptors (Lipinski definition) is 1. The van der Waals surface area contributed by atoms with Crippen molar-refractivity contribution in [1.29, 1.82) is 0 Å². The molecule has 12 heavy (non-hydrogen) atoms. The maximum absolute atomic E-state index is 10.7. The molecule has 0 saturated heterocycles. The first kappa shape index (κ1) is 9.37. The summed E-state index contributed by atoms with van der Waals surface area (Å²) in [6, 6.07) is 7.68. The van der Waals surface area contributed by atoms with E-state index in [9.17, 15) is 4.57 Å². The lowest BCUT2D eigenvalue weighted by Crippen LogP contribution is -1.86. The molecule has 1 aromatic carbocycles. The smallest absolute Gasteiger partial charge is 0.160 e. The first-order valence-corrected chi connectivity index (χ1v) is 5.11. The topological polar surface area (TPSA) is 37.3 Å². The molecule has 2 unspecified atom stereocenters. The molecule has 0 radical (unpaired) electrons. The van der Waals surface area contributed by atoms with Crippen molar-refractivity contribution >= 4 is 8.03 Å². The fraction of sp³-hybridized carbons (Fsp3) is 0.333.